The summed E-state index contributed by atoms with van der Waals surface area (Å²) in [4.78, 5) is 12.7. The highest BCUT2D eigenvalue weighted by Crippen LogP contribution is 2.29. The van der Waals surface area contributed by atoms with E-state index in [2.05, 4.69) is 40.0 Å². The van der Waals surface area contributed by atoms with E-state index in [0.29, 0.717) is 5.92 Å². The number of hydrogen-bond acceptors (Lipinski definition) is 4. The van der Waals surface area contributed by atoms with Gasteiger partial charge in [0.25, 0.3) is 0 Å². The number of benzene rings is 1. The molecule has 3 rings (SSSR count). The van der Waals surface area contributed by atoms with Crippen LogP contribution in [0.2, 0.25) is 0 Å². The van der Waals surface area contributed by atoms with Gasteiger partial charge in [-0.15, -0.1) is 10.2 Å². The number of carbonyl (C=O) groups is 1. The zero-order valence-corrected chi connectivity index (χ0v) is 16.7. The number of carbonyl (C=O) groups excluding carboxylic acids is 1. The first-order valence-electron chi connectivity index (χ1n) is 9.58. The second-order valence-corrected chi connectivity index (χ2v) is 8.31. The fourth-order valence-electron chi connectivity index (χ4n) is 3.25. The molecule has 0 aliphatic carbocycles. The Labute approximate surface area is 160 Å². The molecule has 1 N–H and O–H groups in total. The Balaban J connectivity index is 1.69. The monoisotopic (exact) mass is 372 g/mol. The van der Waals surface area contributed by atoms with Crippen LogP contribution in [-0.2, 0) is 17.8 Å². The van der Waals surface area contributed by atoms with Crippen LogP contribution in [0.5, 0.6) is 0 Å². The third kappa shape index (κ3) is 4.29. The number of amides is 1. The van der Waals surface area contributed by atoms with Crippen molar-refractivity contribution in [2.45, 2.75) is 75.7 Å². The van der Waals surface area contributed by atoms with Gasteiger partial charge < -0.3 is 9.88 Å². The molecule has 1 aromatic heterocycles. The average molecular weight is 373 g/mol. The lowest BCUT2D eigenvalue weighted by atomic mass is 9.97. The average Bonchev–Trinajstić information content (AvgIpc) is 2.88. The first-order chi connectivity index (χ1) is 12.6. The van der Waals surface area contributed by atoms with Gasteiger partial charge in [-0.1, -0.05) is 50.2 Å². The third-order valence-corrected chi connectivity index (χ3v) is 6.17. The van der Waals surface area contributed by atoms with E-state index in [0.717, 1.165) is 42.5 Å². The molecule has 1 aliphatic rings. The van der Waals surface area contributed by atoms with Crippen LogP contribution in [-0.4, -0.2) is 25.9 Å². The quantitative estimate of drug-likeness (QED) is 0.751. The second kappa shape index (κ2) is 8.71. The van der Waals surface area contributed by atoms with E-state index >= 15 is 0 Å². The molecule has 6 heteroatoms. The van der Waals surface area contributed by atoms with E-state index in [-0.39, 0.29) is 11.2 Å². The highest BCUT2D eigenvalue weighted by atomic mass is 32.2. The summed E-state index contributed by atoms with van der Waals surface area (Å²) in [5.41, 5.74) is 2.11. The number of para-hydroxylation sites is 1. The summed E-state index contributed by atoms with van der Waals surface area (Å²) >= 11 is 1.50. The van der Waals surface area contributed by atoms with Gasteiger partial charge in [-0.05, 0) is 43.7 Å². The Morgan fingerprint density at radius 2 is 2.04 bits per heavy atom. The van der Waals surface area contributed by atoms with E-state index < -0.39 is 0 Å². The molecule has 2 unspecified atom stereocenters. The normalized spacial score (nSPS) is 16.4. The molecule has 1 aliphatic heterocycles. The number of anilines is 1. The van der Waals surface area contributed by atoms with Crippen molar-refractivity contribution in [3.8, 4) is 0 Å². The molecule has 0 fully saturated rings. The van der Waals surface area contributed by atoms with Crippen molar-refractivity contribution in [2.24, 2.45) is 0 Å². The Morgan fingerprint density at radius 1 is 1.23 bits per heavy atom. The maximum Gasteiger partial charge on any atom is 0.237 e. The number of thioether (sulfide) groups is 1. The minimum Gasteiger partial charge on any atom is -0.325 e. The number of nitrogens with one attached hydrogen (secondary N) is 1. The van der Waals surface area contributed by atoms with Crippen LogP contribution >= 0.6 is 11.8 Å². The van der Waals surface area contributed by atoms with Crippen LogP contribution in [0.3, 0.4) is 0 Å². The smallest absolute Gasteiger partial charge is 0.237 e. The summed E-state index contributed by atoms with van der Waals surface area (Å²) in [5, 5.41) is 12.4. The fraction of sp³-hybridized carbons (Fsp3) is 0.550. The molecule has 2 aromatic rings. The molecular weight excluding hydrogens is 344 g/mol. The molecule has 1 amide bonds. The molecule has 140 valence electrons. The first kappa shape index (κ1) is 19.0. The van der Waals surface area contributed by atoms with Crippen LogP contribution in [0.4, 0.5) is 5.69 Å². The van der Waals surface area contributed by atoms with Crippen molar-refractivity contribution in [1.29, 1.82) is 0 Å². The van der Waals surface area contributed by atoms with E-state index in [1.54, 1.807) is 0 Å². The van der Waals surface area contributed by atoms with E-state index in [4.69, 9.17) is 0 Å². The highest BCUT2D eigenvalue weighted by Gasteiger charge is 2.22. The van der Waals surface area contributed by atoms with Crippen LogP contribution < -0.4 is 5.32 Å². The van der Waals surface area contributed by atoms with Crippen molar-refractivity contribution in [3.05, 3.63) is 35.7 Å². The molecule has 0 saturated carbocycles. The molecule has 0 saturated heterocycles. The van der Waals surface area contributed by atoms with Crippen molar-refractivity contribution < 1.29 is 4.79 Å². The number of aryl methyl sites for hydroxylation is 1. The first-order valence-corrected chi connectivity index (χ1v) is 10.5. The fourth-order valence-corrected chi connectivity index (χ4v) is 4.15. The maximum absolute atomic E-state index is 12.7. The summed E-state index contributed by atoms with van der Waals surface area (Å²) in [7, 11) is 0. The predicted molar refractivity (Wildman–Crippen MR) is 107 cm³/mol. The van der Waals surface area contributed by atoms with Gasteiger partial charge in [-0.3, -0.25) is 4.79 Å². The molecule has 0 radical (unpaired) electrons. The van der Waals surface area contributed by atoms with Crippen molar-refractivity contribution in [3.63, 3.8) is 0 Å². The Hall–Kier alpha value is -1.82. The highest BCUT2D eigenvalue weighted by molar-refractivity contribution is 8.00. The van der Waals surface area contributed by atoms with Gasteiger partial charge in [0.15, 0.2) is 5.16 Å². The Bertz CT molecular complexity index is 758. The Morgan fingerprint density at radius 3 is 2.85 bits per heavy atom. The number of hydrogen-bond donors (Lipinski definition) is 1. The van der Waals surface area contributed by atoms with Gasteiger partial charge in [-0.2, -0.15) is 0 Å². The van der Waals surface area contributed by atoms with Crippen LogP contribution in [0, 0.1) is 0 Å². The number of aromatic nitrogens is 3. The topological polar surface area (TPSA) is 59.8 Å². The summed E-state index contributed by atoms with van der Waals surface area (Å²) in [6.45, 7) is 7.24. The lowest BCUT2D eigenvalue weighted by molar-refractivity contribution is -0.115. The van der Waals surface area contributed by atoms with Crippen LogP contribution in [0.25, 0.3) is 0 Å². The maximum atomic E-state index is 12.7. The van der Waals surface area contributed by atoms with E-state index in [9.17, 15) is 4.79 Å². The minimum atomic E-state index is -0.225. The molecule has 2 atom stereocenters. The van der Waals surface area contributed by atoms with Crippen molar-refractivity contribution in [2.75, 3.05) is 5.32 Å². The number of rotatable bonds is 6. The van der Waals surface area contributed by atoms with Gasteiger partial charge in [0, 0.05) is 18.7 Å². The van der Waals surface area contributed by atoms with Crippen molar-refractivity contribution in [1.82, 2.24) is 14.8 Å². The molecule has 2 heterocycles. The zero-order chi connectivity index (χ0) is 18.5. The molecule has 1 aromatic carbocycles. The third-order valence-electron chi connectivity index (χ3n) is 5.09. The predicted octanol–water partition coefficient (Wildman–Crippen LogP) is 4.64. The molecule has 26 heavy (non-hydrogen) atoms. The molecule has 0 spiro atoms. The van der Waals surface area contributed by atoms with Crippen molar-refractivity contribution >= 4 is 23.4 Å². The van der Waals surface area contributed by atoms with Gasteiger partial charge in [0.1, 0.15) is 5.82 Å². The molecular formula is C20H28N4OS. The summed E-state index contributed by atoms with van der Waals surface area (Å²) in [5.74, 6) is 1.48. The number of fused-ring (bicyclic) bond motifs is 1. The SMILES string of the molecule is CCC(C)c1ccccc1NC(=O)C(C)Sc1nnc2n1CCCCC2. The minimum absolute atomic E-state index is 0.0109. The second-order valence-electron chi connectivity index (χ2n) is 7.01. The summed E-state index contributed by atoms with van der Waals surface area (Å²) in [6.07, 6.45) is 5.59. The Kier molecular flexibility index (Phi) is 6.35. The van der Waals surface area contributed by atoms with Gasteiger partial charge in [-0.25, -0.2) is 0 Å². The summed E-state index contributed by atoms with van der Waals surface area (Å²) in [6, 6.07) is 8.08. The van der Waals surface area contributed by atoms with E-state index in [1.165, 1.54) is 30.2 Å². The van der Waals surface area contributed by atoms with Gasteiger partial charge in [0.05, 0.1) is 5.25 Å². The zero-order valence-electron chi connectivity index (χ0n) is 15.9. The largest absolute Gasteiger partial charge is 0.325 e. The van der Waals surface area contributed by atoms with Crippen LogP contribution in [0.1, 0.15) is 63.8 Å². The van der Waals surface area contributed by atoms with Gasteiger partial charge >= 0.3 is 0 Å². The van der Waals surface area contributed by atoms with Crippen LogP contribution in [0.15, 0.2) is 29.4 Å². The standard InChI is InChI=1S/C20H28N4OS/c1-4-14(2)16-10-7-8-11-17(16)21-19(25)15(3)26-20-23-22-18-12-6-5-9-13-24(18)20/h7-8,10-11,14-15H,4-6,9,12-13H2,1-3H3,(H,21,25). The van der Waals surface area contributed by atoms with Gasteiger partial charge in [0.2, 0.25) is 5.91 Å². The molecule has 5 nitrogen and oxygen atoms in total. The summed E-state index contributed by atoms with van der Waals surface area (Å²) < 4.78 is 2.19. The lowest BCUT2D eigenvalue weighted by Gasteiger charge is -2.17. The lowest BCUT2D eigenvalue weighted by Crippen LogP contribution is -2.24. The van der Waals surface area contributed by atoms with E-state index in [1.807, 2.05) is 25.1 Å². The number of nitrogens with zero attached hydrogens (tertiary/aromatic N) is 3. The molecule has 0 bridgehead atoms.